The van der Waals surface area contributed by atoms with E-state index >= 15 is 0 Å². The van der Waals surface area contributed by atoms with Crippen molar-refractivity contribution in [1.82, 2.24) is 0 Å². The summed E-state index contributed by atoms with van der Waals surface area (Å²) in [6, 6.07) is 0. The van der Waals surface area contributed by atoms with Gasteiger partial charge < -0.3 is 20.5 Å². The molecule has 0 aliphatic heterocycles. The zero-order valence-corrected chi connectivity index (χ0v) is 14.0. The number of hydrogen-bond donors (Lipinski definition) is 3. The predicted molar refractivity (Wildman–Crippen MR) is 87.7 cm³/mol. The van der Waals surface area contributed by atoms with Crippen LogP contribution in [-0.4, -0.2) is 23.2 Å². The van der Waals surface area contributed by atoms with Crippen molar-refractivity contribution in [1.29, 1.82) is 0 Å². The largest absolute Gasteiger partial charge is 0.631 e. The van der Waals surface area contributed by atoms with Gasteiger partial charge in [-0.3, -0.25) is 0 Å². The van der Waals surface area contributed by atoms with Crippen molar-refractivity contribution >= 4 is 0 Å². The van der Waals surface area contributed by atoms with Gasteiger partial charge >= 0.3 is 6.41 Å². The first-order valence-electron chi connectivity index (χ1n) is 9.07. The molecule has 0 aromatic heterocycles. The number of aliphatic hydroxyl groups excluding tert-OH is 1. The molecule has 0 heterocycles. The van der Waals surface area contributed by atoms with E-state index in [1.807, 2.05) is 0 Å². The first-order chi connectivity index (χ1) is 10.2. The summed E-state index contributed by atoms with van der Waals surface area (Å²) in [5.41, 5.74) is 0. The molecule has 0 aromatic carbocycles. The molecule has 21 heavy (non-hydrogen) atoms. The maximum absolute atomic E-state index is 11.0. The maximum Gasteiger partial charge on any atom is 0.302 e. The van der Waals surface area contributed by atoms with E-state index in [9.17, 15) is 5.21 Å². The second kappa shape index (κ2) is 16.2. The SMILES string of the molecule is CCCCCCCCCCCCCCCC[NH+]([O-])C(O)O. The molecule has 0 rings (SSSR count). The van der Waals surface area contributed by atoms with E-state index in [0.29, 0.717) is 6.54 Å². The van der Waals surface area contributed by atoms with Gasteiger partial charge in [0.25, 0.3) is 0 Å². The third-order valence-corrected chi connectivity index (χ3v) is 4.06. The van der Waals surface area contributed by atoms with Gasteiger partial charge in [-0.05, 0) is 12.8 Å². The second-order valence-electron chi connectivity index (χ2n) is 6.19. The molecule has 4 heteroatoms. The van der Waals surface area contributed by atoms with E-state index in [2.05, 4.69) is 6.92 Å². The lowest BCUT2D eigenvalue weighted by Crippen LogP contribution is -3.11. The third kappa shape index (κ3) is 16.0. The standard InChI is InChI=1S/C17H37NO3/c1-2-3-4-5-6-7-8-9-10-11-12-13-14-15-16-18(21)17(19)20/h17-20H,2-16H2,1H3. The van der Waals surface area contributed by atoms with Crippen molar-refractivity contribution in [3.8, 4) is 0 Å². The van der Waals surface area contributed by atoms with Crippen LogP contribution in [0.5, 0.6) is 0 Å². The van der Waals surface area contributed by atoms with E-state index in [1.165, 1.54) is 70.6 Å². The molecule has 1 atom stereocenters. The fraction of sp³-hybridized carbons (Fsp3) is 1.00. The number of nitrogens with one attached hydrogen (secondary N) is 1. The Hall–Kier alpha value is -0.160. The van der Waals surface area contributed by atoms with Crippen molar-refractivity contribution < 1.29 is 15.3 Å². The van der Waals surface area contributed by atoms with Crippen LogP contribution in [0.3, 0.4) is 0 Å². The normalized spacial score (nSPS) is 13.0. The molecular weight excluding hydrogens is 266 g/mol. The van der Waals surface area contributed by atoms with Gasteiger partial charge in [0.05, 0.1) is 6.54 Å². The molecule has 0 aliphatic carbocycles. The van der Waals surface area contributed by atoms with Crippen LogP contribution in [-0.2, 0) is 0 Å². The molecule has 0 fully saturated rings. The molecule has 0 aromatic rings. The molecule has 0 saturated heterocycles. The number of hydrogen-bond acceptors (Lipinski definition) is 3. The summed E-state index contributed by atoms with van der Waals surface area (Å²) in [6.07, 6.45) is 16.2. The highest BCUT2D eigenvalue weighted by Gasteiger charge is 2.04. The molecular formula is C17H37NO3. The van der Waals surface area contributed by atoms with Crippen LogP contribution in [0.2, 0.25) is 0 Å². The van der Waals surface area contributed by atoms with Gasteiger partial charge in [-0.15, -0.1) is 0 Å². The van der Waals surface area contributed by atoms with E-state index < -0.39 is 11.5 Å². The molecule has 1 unspecified atom stereocenters. The van der Waals surface area contributed by atoms with Gasteiger partial charge in [0.1, 0.15) is 0 Å². The van der Waals surface area contributed by atoms with Crippen LogP contribution in [0.15, 0.2) is 0 Å². The molecule has 0 radical (unpaired) electrons. The van der Waals surface area contributed by atoms with Crippen molar-refractivity contribution in [2.24, 2.45) is 0 Å². The Morgan fingerprint density at radius 2 is 1.00 bits per heavy atom. The van der Waals surface area contributed by atoms with Crippen LogP contribution in [0.25, 0.3) is 0 Å². The summed E-state index contributed by atoms with van der Waals surface area (Å²) < 4.78 is 0. The minimum absolute atomic E-state index is 0.301. The van der Waals surface area contributed by atoms with Gasteiger partial charge in [0, 0.05) is 0 Å². The smallest absolute Gasteiger partial charge is 0.302 e. The number of quaternary nitrogens is 1. The Morgan fingerprint density at radius 3 is 1.33 bits per heavy atom. The van der Waals surface area contributed by atoms with Gasteiger partial charge in [0.15, 0.2) is 0 Å². The Bertz CT molecular complexity index is 200. The van der Waals surface area contributed by atoms with Crippen LogP contribution in [0.1, 0.15) is 96.8 Å². The Balaban J connectivity index is 3.03. The average Bonchev–Trinajstić information content (AvgIpc) is 2.47. The number of aliphatic hydroxyl groups is 2. The fourth-order valence-electron chi connectivity index (χ4n) is 2.62. The van der Waals surface area contributed by atoms with Crippen molar-refractivity contribution in [2.75, 3.05) is 6.54 Å². The molecule has 0 spiro atoms. The van der Waals surface area contributed by atoms with Gasteiger partial charge in [0.2, 0.25) is 0 Å². The number of rotatable bonds is 16. The van der Waals surface area contributed by atoms with Crippen LogP contribution in [0, 0.1) is 5.21 Å². The summed E-state index contributed by atoms with van der Waals surface area (Å²) in [6.45, 7) is 2.56. The van der Waals surface area contributed by atoms with E-state index in [0.717, 1.165) is 19.3 Å². The monoisotopic (exact) mass is 303 g/mol. The highest BCUT2D eigenvalue weighted by atomic mass is 16.6. The Morgan fingerprint density at radius 1 is 0.667 bits per heavy atom. The lowest BCUT2D eigenvalue weighted by atomic mass is 10.0. The minimum Gasteiger partial charge on any atom is -0.631 e. The van der Waals surface area contributed by atoms with Crippen LogP contribution >= 0.6 is 0 Å². The Kier molecular flexibility index (Phi) is 16.1. The highest BCUT2D eigenvalue weighted by Crippen LogP contribution is 2.12. The summed E-state index contributed by atoms with van der Waals surface area (Å²) in [5.74, 6) is 0. The van der Waals surface area contributed by atoms with E-state index in [1.54, 1.807) is 0 Å². The van der Waals surface area contributed by atoms with Crippen LogP contribution < -0.4 is 5.06 Å². The lowest BCUT2D eigenvalue weighted by Gasteiger charge is -2.23. The minimum atomic E-state index is -1.77. The maximum atomic E-state index is 11.0. The van der Waals surface area contributed by atoms with E-state index in [-0.39, 0.29) is 0 Å². The fourth-order valence-corrected chi connectivity index (χ4v) is 2.62. The molecule has 4 nitrogen and oxygen atoms in total. The second-order valence-corrected chi connectivity index (χ2v) is 6.19. The first kappa shape index (κ1) is 20.8. The van der Waals surface area contributed by atoms with Gasteiger partial charge in [-0.1, -0.05) is 84.0 Å². The quantitative estimate of drug-likeness (QED) is 0.233. The van der Waals surface area contributed by atoms with Gasteiger partial charge in [-0.25, -0.2) is 0 Å². The average molecular weight is 303 g/mol. The predicted octanol–water partition coefficient (Wildman–Crippen LogP) is 3.12. The van der Waals surface area contributed by atoms with Crippen molar-refractivity contribution in [3.05, 3.63) is 5.21 Å². The summed E-state index contributed by atoms with van der Waals surface area (Å²) in [4.78, 5) is 0. The molecule has 0 amide bonds. The lowest BCUT2D eigenvalue weighted by molar-refractivity contribution is -0.927. The molecule has 128 valence electrons. The topological polar surface area (TPSA) is 68.0 Å². The summed E-state index contributed by atoms with van der Waals surface area (Å²) >= 11 is 0. The molecule has 0 saturated carbocycles. The Labute approximate surface area is 131 Å². The highest BCUT2D eigenvalue weighted by molar-refractivity contribution is 4.49. The number of hydroxylamine groups is 2. The van der Waals surface area contributed by atoms with Crippen molar-refractivity contribution in [2.45, 2.75) is 103 Å². The summed E-state index contributed by atoms with van der Waals surface area (Å²) in [7, 11) is 0. The zero-order valence-electron chi connectivity index (χ0n) is 14.0. The molecule has 0 bridgehead atoms. The van der Waals surface area contributed by atoms with Gasteiger partial charge in [-0.2, -0.15) is 0 Å². The third-order valence-electron chi connectivity index (χ3n) is 4.06. The zero-order chi connectivity index (χ0) is 15.8. The number of unbranched alkanes of at least 4 members (excludes halogenated alkanes) is 13. The molecule has 0 aliphatic rings. The summed E-state index contributed by atoms with van der Waals surface area (Å²) in [5, 5.41) is 27.8. The molecule has 3 N–H and O–H groups in total. The van der Waals surface area contributed by atoms with Crippen molar-refractivity contribution in [3.63, 3.8) is 0 Å². The van der Waals surface area contributed by atoms with E-state index in [4.69, 9.17) is 10.2 Å². The first-order valence-corrected chi connectivity index (χ1v) is 9.07. The van der Waals surface area contributed by atoms with Crippen LogP contribution in [0.4, 0.5) is 0 Å².